The van der Waals surface area contributed by atoms with Crippen LogP contribution < -0.4 is 16.0 Å². The van der Waals surface area contributed by atoms with Crippen LogP contribution in [0, 0.1) is 5.92 Å². The summed E-state index contributed by atoms with van der Waals surface area (Å²) >= 11 is 0. The van der Waals surface area contributed by atoms with Gasteiger partial charge in [-0.1, -0.05) is 12.8 Å². The van der Waals surface area contributed by atoms with E-state index in [1.54, 1.807) is 0 Å². The highest BCUT2D eigenvalue weighted by Gasteiger charge is 2.38. The van der Waals surface area contributed by atoms with E-state index in [-0.39, 0.29) is 36.4 Å². The lowest BCUT2D eigenvalue weighted by Gasteiger charge is -2.24. The van der Waals surface area contributed by atoms with Gasteiger partial charge in [0.05, 0.1) is 6.04 Å². The van der Waals surface area contributed by atoms with Crippen molar-refractivity contribution in [3.05, 3.63) is 24.3 Å². The molecule has 1 aromatic rings. The maximum absolute atomic E-state index is 12.5. The van der Waals surface area contributed by atoms with E-state index in [9.17, 15) is 9.59 Å². The number of hydrogen-bond donors (Lipinski definition) is 3. The largest absolute Gasteiger partial charge is 0.368 e. The molecule has 1 aromatic carbocycles. The number of fused-ring (bicyclic) bond motifs is 1. The second kappa shape index (κ2) is 9.04. The molecule has 0 spiro atoms. The van der Waals surface area contributed by atoms with E-state index in [4.69, 9.17) is 4.74 Å². The number of carbonyl (C=O) groups is 2. The molecule has 7 heteroatoms. The number of halogens is 1. The summed E-state index contributed by atoms with van der Waals surface area (Å²) in [6.07, 6.45) is 7.28. The Bertz CT molecular complexity index is 647. The number of ether oxygens (including phenoxy) is 1. The quantitative estimate of drug-likeness (QED) is 0.734. The van der Waals surface area contributed by atoms with Crippen LogP contribution >= 0.6 is 12.4 Å². The molecule has 2 saturated heterocycles. The average molecular weight is 394 g/mol. The van der Waals surface area contributed by atoms with Crippen LogP contribution in [0.3, 0.4) is 0 Å². The van der Waals surface area contributed by atoms with Crippen LogP contribution in [0.1, 0.15) is 44.9 Å². The van der Waals surface area contributed by atoms with Crippen LogP contribution in [0.15, 0.2) is 24.3 Å². The number of carbonyl (C=O) groups excluding carboxylic acids is 2. The van der Waals surface area contributed by atoms with Gasteiger partial charge in [0, 0.05) is 24.0 Å². The first-order valence-corrected chi connectivity index (χ1v) is 9.78. The van der Waals surface area contributed by atoms with E-state index >= 15 is 0 Å². The van der Waals surface area contributed by atoms with Crippen molar-refractivity contribution in [2.24, 2.45) is 5.92 Å². The van der Waals surface area contributed by atoms with Gasteiger partial charge >= 0.3 is 0 Å². The summed E-state index contributed by atoms with van der Waals surface area (Å²) in [5.41, 5.74) is 1.47. The van der Waals surface area contributed by atoms with E-state index in [1.807, 2.05) is 24.3 Å². The number of benzene rings is 1. The fraction of sp³-hybridized carbons (Fsp3) is 0.600. The summed E-state index contributed by atoms with van der Waals surface area (Å²) in [6.45, 7) is 0.653. The molecule has 1 aliphatic carbocycles. The molecule has 2 heterocycles. The Hall–Kier alpha value is -1.63. The van der Waals surface area contributed by atoms with Crippen LogP contribution in [-0.4, -0.2) is 36.6 Å². The van der Waals surface area contributed by atoms with Crippen LogP contribution in [-0.2, 0) is 14.3 Å². The van der Waals surface area contributed by atoms with Gasteiger partial charge in [-0.15, -0.1) is 12.4 Å². The Labute approximate surface area is 166 Å². The number of nitrogens with one attached hydrogen (secondary N) is 3. The zero-order chi connectivity index (χ0) is 17.9. The molecule has 27 heavy (non-hydrogen) atoms. The molecule has 1 saturated carbocycles. The average Bonchev–Trinajstić information content (AvgIpc) is 3.33. The van der Waals surface area contributed by atoms with E-state index in [0.717, 1.165) is 24.9 Å². The summed E-state index contributed by atoms with van der Waals surface area (Å²) in [4.78, 5) is 24.6. The fourth-order valence-corrected chi connectivity index (χ4v) is 4.39. The molecule has 3 aliphatic rings. The van der Waals surface area contributed by atoms with Gasteiger partial charge in [0.15, 0.2) is 0 Å². The first-order chi connectivity index (χ1) is 12.7. The fourth-order valence-electron chi connectivity index (χ4n) is 4.39. The highest BCUT2D eigenvalue weighted by Crippen LogP contribution is 2.33. The molecule has 0 aromatic heterocycles. The van der Waals surface area contributed by atoms with Gasteiger partial charge in [-0.05, 0) is 62.3 Å². The van der Waals surface area contributed by atoms with Gasteiger partial charge in [0.2, 0.25) is 5.91 Å². The van der Waals surface area contributed by atoms with E-state index in [0.29, 0.717) is 24.3 Å². The van der Waals surface area contributed by atoms with Crippen molar-refractivity contribution in [2.45, 2.75) is 63.1 Å². The van der Waals surface area contributed by atoms with Crippen molar-refractivity contribution in [3.63, 3.8) is 0 Å². The van der Waals surface area contributed by atoms with Crippen LogP contribution in [0.2, 0.25) is 0 Å². The van der Waals surface area contributed by atoms with Crippen molar-refractivity contribution in [3.8, 4) is 0 Å². The summed E-state index contributed by atoms with van der Waals surface area (Å²) in [7, 11) is 0. The molecule has 3 fully saturated rings. The SMILES string of the molecule is Cl.O=C(Nc1ccc(NC(=O)C2CCCO2)cc1)C1CC2CCCCC2N1. The minimum absolute atomic E-state index is 0. The molecule has 4 rings (SSSR count). The van der Waals surface area contributed by atoms with E-state index in [2.05, 4.69) is 16.0 Å². The topological polar surface area (TPSA) is 79.5 Å². The second-order valence-electron chi connectivity index (χ2n) is 7.66. The first-order valence-electron chi connectivity index (χ1n) is 9.78. The highest BCUT2D eigenvalue weighted by atomic mass is 35.5. The Kier molecular flexibility index (Phi) is 6.73. The molecule has 4 atom stereocenters. The van der Waals surface area contributed by atoms with Crippen LogP contribution in [0.5, 0.6) is 0 Å². The summed E-state index contributed by atoms with van der Waals surface area (Å²) in [5.74, 6) is 0.586. The summed E-state index contributed by atoms with van der Waals surface area (Å²) in [5, 5.41) is 9.35. The first kappa shape index (κ1) is 20.1. The second-order valence-corrected chi connectivity index (χ2v) is 7.66. The third kappa shape index (κ3) is 4.81. The molecule has 3 N–H and O–H groups in total. The minimum atomic E-state index is -0.341. The zero-order valence-electron chi connectivity index (χ0n) is 15.4. The molecular formula is C20H28ClN3O3. The van der Waals surface area contributed by atoms with Crippen LogP contribution in [0.4, 0.5) is 11.4 Å². The Morgan fingerprint density at radius 2 is 1.59 bits per heavy atom. The lowest BCUT2D eigenvalue weighted by Crippen LogP contribution is -2.39. The van der Waals surface area contributed by atoms with Gasteiger partial charge in [0.25, 0.3) is 5.91 Å². The normalized spacial score (nSPS) is 29.5. The maximum atomic E-state index is 12.5. The highest BCUT2D eigenvalue weighted by molar-refractivity contribution is 5.96. The predicted octanol–water partition coefficient (Wildman–Crippen LogP) is 3.09. The maximum Gasteiger partial charge on any atom is 0.253 e. The smallest absolute Gasteiger partial charge is 0.253 e. The Morgan fingerprint density at radius 3 is 2.22 bits per heavy atom. The van der Waals surface area contributed by atoms with Gasteiger partial charge in [-0.3, -0.25) is 9.59 Å². The van der Waals surface area contributed by atoms with E-state index in [1.165, 1.54) is 25.7 Å². The van der Waals surface area contributed by atoms with Crippen molar-refractivity contribution in [1.29, 1.82) is 0 Å². The standard InChI is InChI=1S/C20H27N3O3.ClH/c24-19(17-12-13-4-1-2-5-16(13)23-17)21-14-7-9-15(10-8-14)22-20(25)18-6-3-11-26-18;/h7-10,13,16-18,23H,1-6,11-12H2,(H,21,24)(H,22,25);1H. The molecule has 0 radical (unpaired) electrons. The van der Waals surface area contributed by atoms with Gasteiger partial charge in [0.1, 0.15) is 6.10 Å². The third-order valence-corrected chi connectivity index (χ3v) is 5.82. The summed E-state index contributed by atoms with van der Waals surface area (Å²) < 4.78 is 5.38. The third-order valence-electron chi connectivity index (χ3n) is 5.82. The zero-order valence-corrected chi connectivity index (χ0v) is 16.2. The number of amides is 2. The molecule has 148 valence electrons. The number of rotatable bonds is 4. The molecule has 6 nitrogen and oxygen atoms in total. The van der Waals surface area contributed by atoms with Crippen molar-refractivity contribution < 1.29 is 14.3 Å². The van der Waals surface area contributed by atoms with Crippen molar-refractivity contribution in [2.75, 3.05) is 17.2 Å². The molecule has 2 aliphatic heterocycles. The van der Waals surface area contributed by atoms with Gasteiger partial charge in [-0.25, -0.2) is 0 Å². The van der Waals surface area contributed by atoms with Gasteiger partial charge in [-0.2, -0.15) is 0 Å². The lowest BCUT2D eigenvalue weighted by molar-refractivity contribution is -0.124. The molecule has 0 bridgehead atoms. The van der Waals surface area contributed by atoms with Crippen LogP contribution in [0.25, 0.3) is 0 Å². The molecule has 4 unspecified atom stereocenters. The van der Waals surface area contributed by atoms with E-state index < -0.39 is 0 Å². The Balaban J connectivity index is 0.00000210. The molecule has 2 amide bonds. The lowest BCUT2D eigenvalue weighted by atomic mass is 9.85. The van der Waals surface area contributed by atoms with Crippen molar-refractivity contribution >= 4 is 35.6 Å². The number of hydrogen-bond acceptors (Lipinski definition) is 4. The monoisotopic (exact) mass is 393 g/mol. The predicted molar refractivity (Wildman–Crippen MR) is 107 cm³/mol. The number of anilines is 2. The van der Waals surface area contributed by atoms with Crippen molar-refractivity contribution in [1.82, 2.24) is 5.32 Å². The van der Waals surface area contributed by atoms with Gasteiger partial charge < -0.3 is 20.7 Å². The minimum Gasteiger partial charge on any atom is -0.368 e. The Morgan fingerprint density at radius 1 is 0.926 bits per heavy atom. The summed E-state index contributed by atoms with van der Waals surface area (Å²) in [6, 6.07) is 7.68. The molecular weight excluding hydrogens is 366 g/mol.